The highest BCUT2D eigenvalue weighted by Crippen LogP contribution is 2.38. The molecule has 9 nitrogen and oxygen atoms in total. The van der Waals surface area contributed by atoms with Gasteiger partial charge in [-0.15, -0.1) is 0 Å². The summed E-state index contributed by atoms with van der Waals surface area (Å²) >= 11 is 0. The van der Waals surface area contributed by atoms with Gasteiger partial charge in [0, 0.05) is 23.9 Å². The Kier molecular flexibility index (Phi) is 4.46. The quantitative estimate of drug-likeness (QED) is 0.776. The highest BCUT2D eigenvalue weighted by atomic mass is 16.5. The Hall–Kier alpha value is -2.91. The summed E-state index contributed by atoms with van der Waals surface area (Å²) in [7, 11) is 0. The minimum Gasteiger partial charge on any atom is -0.377 e. The maximum absolute atomic E-state index is 11.1. The molecule has 0 saturated carbocycles. The molecule has 2 unspecified atom stereocenters. The normalized spacial score (nSPS) is 28.9. The minimum absolute atomic E-state index is 0.297. The number of anilines is 3. The minimum atomic E-state index is -0.581. The van der Waals surface area contributed by atoms with Crippen LogP contribution in [0.15, 0.2) is 30.3 Å². The number of fused-ring (bicyclic) bond motifs is 4. The van der Waals surface area contributed by atoms with Crippen LogP contribution in [-0.2, 0) is 9.47 Å². The Morgan fingerprint density at radius 1 is 1.03 bits per heavy atom. The van der Waals surface area contributed by atoms with Gasteiger partial charge in [0.1, 0.15) is 11.6 Å². The molecule has 6 rings (SSSR count). The number of amides is 2. The third-order valence-corrected chi connectivity index (χ3v) is 6.81. The number of urea groups is 1. The molecule has 0 radical (unpaired) electrons. The van der Waals surface area contributed by atoms with Gasteiger partial charge in [-0.05, 0) is 43.5 Å². The Bertz CT molecular complexity index is 983. The van der Waals surface area contributed by atoms with Crippen LogP contribution >= 0.6 is 0 Å². The lowest BCUT2D eigenvalue weighted by molar-refractivity contribution is 0.0902. The van der Waals surface area contributed by atoms with E-state index >= 15 is 0 Å². The summed E-state index contributed by atoms with van der Waals surface area (Å²) in [4.78, 5) is 25.9. The first-order valence-electron chi connectivity index (χ1n) is 10.9. The molecule has 0 spiro atoms. The van der Waals surface area contributed by atoms with E-state index in [1.54, 1.807) is 0 Å². The summed E-state index contributed by atoms with van der Waals surface area (Å²) in [5.74, 6) is 2.62. The summed E-state index contributed by atoms with van der Waals surface area (Å²) in [5.41, 5.74) is 6.77. The number of carbonyl (C=O) groups is 1. The van der Waals surface area contributed by atoms with Crippen molar-refractivity contribution in [3.05, 3.63) is 30.3 Å². The van der Waals surface area contributed by atoms with E-state index in [1.165, 1.54) is 0 Å². The van der Waals surface area contributed by atoms with E-state index in [0.29, 0.717) is 35.7 Å². The number of rotatable bonds is 4. The van der Waals surface area contributed by atoms with Gasteiger partial charge in [-0.1, -0.05) is 0 Å². The van der Waals surface area contributed by atoms with Crippen molar-refractivity contribution in [3.8, 4) is 11.4 Å². The Morgan fingerprint density at radius 2 is 1.77 bits per heavy atom. The second kappa shape index (κ2) is 7.35. The average molecular weight is 422 g/mol. The van der Waals surface area contributed by atoms with Crippen molar-refractivity contribution in [2.75, 3.05) is 41.5 Å². The number of benzene rings is 1. The Balaban J connectivity index is 1.39. The molecule has 2 aromatic rings. The first-order chi connectivity index (χ1) is 15.1. The standard InChI is InChI=1S/C22H26N6O3/c23-22(29)24-14-3-1-13(2-4-14)21-25-19(27-9-18-7-17(27)12-31-18)8-20(26-21)28-15-5-6-16(28)11-30-10-15/h1-4,8,15-18H,5-7,9-12H2,(H3,23,24,29)/t15?,16?,17-,18-/m1/s1. The molecule has 4 aliphatic rings. The van der Waals surface area contributed by atoms with Crippen LogP contribution in [0.1, 0.15) is 19.3 Å². The van der Waals surface area contributed by atoms with Gasteiger partial charge in [0.2, 0.25) is 0 Å². The topological polar surface area (TPSA) is 106 Å². The molecule has 9 heteroatoms. The fourth-order valence-corrected chi connectivity index (χ4v) is 5.36. The summed E-state index contributed by atoms with van der Waals surface area (Å²) in [6.45, 7) is 3.13. The zero-order valence-corrected chi connectivity index (χ0v) is 17.2. The molecule has 4 atom stereocenters. The van der Waals surface area contributed by atoms with Crippen molar-refractivity contribution in [3.63, 3.8) is 0 Å². The lowest BCUT2D eigenvalue weighted by atomic mass is 10.2. The van der Waals surface area contributed by atoms with Crippen LogP contribution in [-0.4, -0.2) is 66.6 Å². The van der Waals surface area contributed by atoms with Crippen LogP contribution in [0.3, 0.4) is 0 Å². The molecule has 4 fully saturated rings. The lowest BCUT2D eigenvalue weighted by Crippen LogP contribution is -2.46. The summed E-state index contributed by atoms with van der Waals surface area (Å²) < 4.78 is 11.6. The first-order valence-corrected chi connectivity index (χ1v) is 10.9. The van der Waals surface area contributed by atoms with E-state index < -0.39 is 6.03 Å². The van der Waals surface area contributed by atoms with Gasteiger partial charge >= 0.3 is 6.03 Å². The molecule has 2 amide bonds. The predicted molar refractivity (Wildman–Crippen MR) is 116 cm³/mol. The smallest absolute Gasteiger partial charge is 0.316 e. The number of nitrogens with one attached hydrogen (secondary N) is 1. The molecule has 3 N–H and O–H groups in total. The van der Waals surface area contributed by atoms with Crippen LogP contribution < -0.4 is 20.9 Å². The molecule has 4 bridgehead atoms. The molecule has 4 aliphatic heterocycles. The fourth-order valence-electron chi connectivity index (χ4n) is 5.36. The molecular weight excluding hydrogens is 396 g/mol. The van der Waals surface area contributed by atoms with E-state index in [2.05, 4.69) is 21.2 Å². The molecule has 31 heavy (non-hydrogen) atoms. The Morgan fingerprint density at radius 3 is 2.42 bits per heavy atom. The Labute approximate surface area is 180 Å². The number of nitrogens with two attached hydrogens (primary N) is 1. The number of hydrogen-bond acceptors (Lipinski definition) is 7. The zero-order chi connectivity index (χ0) is 20.9. The van der Waals surface area contributed by atoms with E-state index in [9.17, 15) is 4.79 Å². The number of nitrogens with zero attached hydrogens (tertiary/aromatic N) is 4. The van der Waals surface area contributed by atoms with E-state index in [4.69, 9.17) is 25.2 Å². The van der Waals surface area contributed by atoms with Crippen LogP contribution in [0.5, 0.6) is 0 Å². The highest BCUT2D eigenvalue weighted by Gasteiger charge is 2.42. The van der Waals surface area contributed by atoms with Crippen LogP contribution in [0.25, 0.3) is 11.4 Å². The van der Waals surface area contributed by atoms with Crippen molar-refractivity contribution in [2.45, 2.75) is 43.5 Å². The predicted octanol–water partition coefficient (Wildman–Crippen LogP) is 1.98. The van der Waals surface area contributed by atoms with Crippen molar-refractivity contribution in [2.24, 2.45) is 5.73 Å². The molecule has 1 aromatic heterocycles. The van der Waals surface area contributed by atoms with E-state index in [0.717, 1.165) is 62.8 Å². The molecule has 1 aromatic carbocycles. The van der Waals surface area contributed by atoms with Crippen molar-refractivity contribution < 1.29 is 14.3 Å². The van der Waals surface area contributed by atoms with Crippen molar-refractivity contribution >= 4 is 23.4 Å². The number of hydrogen-bond donors (Lipinski definition) is 2. The summed E-state index contributed by atoms with van der Waals surface area (Å²) in [6.07, 6.45) is 3.63. The molecule has 5 heterocycles. The molecular formula is C22H26N6O3. The van der Waals surface area contributed by atoms with Gasteiger partial charge in [0.15, 0.2) is 5.82 Å². The highest BCUT2D eigenvalue weighted by molar-refractivity contribution is 5.88. The first kappa shape index (κ1) is 18.8. The molecule has 162 valence electrons. The zero-order valence-electron chi connectivity index (χ0n) is 17.2. The van der Waals surface area contributed by atoms with Crippen LogP contribution in [0.4, 0.5) is 22.1 Å². The monoisotopic (exact) mass is 422 g/mol. The number of aromatic nitrogens is 2. The van der Waals surface area contributed by atoms with Gasteiger partial charge in [-0.25, -0.2) is 14.8 Å². The van der Waals surface area contributed by atoms with Gasteiger partial charge < -0.3 is 30.3 Å². The van der Waals surface area contributed by atoms with Crippen molar-refractivity contribution in [1.82, 2.24) is 9.97 Å². The average Bonchev–Trinajstić information content (AvgIpc) is 3.47. The van der Waals surface area contributed by atoms with Gasteiger partial charge in [0.05, 0.1) is 44.1 Å². The number of primary amides is 1. The number of carbonyl (C=O) groups excluding carboxylic acids is 1. The third kappa shape index (κ3) is 3.37. The molecule has 0 aliphatic carbocycles. The lowest BCUT2D eigenvalue weighted by Gasteiger charge is -2.36. The van der Waals surface area contributed by atoms with Crippen LogP contribution in [0, 0.1) is 0 Å². The second-order valence-corrected chi connectivity index (χ2v) is 8.80. The van der Waals surface area contributed by atoms with E-state index in [-0.39, 0.29) is 0 Å². The third-order valence-electron chi connectivity index (χ3n) is 6.81. The second-order valence-electron chi connectivity index (χ2n) is 8.80. The van der Waals surface area contributed by atoms with E-state index in [1.807, 2.05) is 24.3 Å². The van der Waals surface area contributed by atoms with Crippen LogP contribution in [0.2, 0.25) is 0 Å². The fraction of sp³-hybridized carbons (Fsp3) is 0.500. The van der Waals surface area contributed by atoms with Gasteiger partial charge in [-0.2, -0.15) is 0 Å². The SMILES string of the molecule is NC(=O)Nc1ccc(-c2nc(N3C4CCC3COC4)cc(N3C[C@H]4C[C@@H]3CO4)n2)cc1. The maximum Gasteiger partial charge on any atom is 0.316 e. The summed E-state index contributed by atoms with van der Waals surface area (Å²) in [6, 6.07) is 10.2. The van der Waals surface area contributed by atoms with Gasteiger partial charge in [0.25, 0.3) is 0 Å². The molecule has 4 saturated heterocycles. The number of morpholine rings is 2. The van der Waals surface area contributed by atoms with Gasteiger partial charge in [-0.3, -0.25) is 0 Å². The summed E-state index contributed by atoms with van der Waals surface area (Å²) in [5, 5.41) is 2.59. The number of ether oxygens (including phenoxy) is 2. The van der Waals surface area contributed by atoms with Crippen molar-refractivity contribution in [1.29, 1.82) is 0 Å². The maximum atomic E-state index is 11.1. The largest absolute Gasteiger partial charge is 0.377 e.